The lowest BCUT2D eigenvalue weighted by atomic mass is 9.98. The Bertz CT molecular complexity index is 940. The maximum atomic E-state index is 14.2. The quantitative estimate of drug-likeness (QED) is 0.235. The topological polar surface area (TPSA) is 108 Å². The van der Waals surface area contributed by atoms with Crippen LogP contribution in [0.15, 0.2) is 18.2 Å². The van der Waals surface area contributed by atoms with Gasteiger partial charge in [0.15, 0.2) is 0 Å². The first-order valence-electron chi connectivity index (χ1n) is 14.0. The van der Waals surface area contributed by atoms with E-state index in [1.165, 1.54) is 0 Å². The summed E-state index contributed by atoms with van der Waals surface area (Å²) < 4.78 is 5.46. The number of nitrogens with zero attached hydrogens (tertiary/aromatic N) is 1. The van der Waals surface area contributed by atoms with Gasteiger partial charge in [-0.3, -0.25) is 9.59 Å². The van der Waals surface area contributed by atoms with Crippen LogP contribution in [0.1, 0.15) is 104 Å². The molecule has 3 amide bonds. The molecule has 0 heterocycles. The first kappa shape index (κ1) is 34.6. The van der Waals surface area contributed by atoms with Crippen LogP contribution in [0.4, 0.5) is 4.79 Å². The van der Waals surface area contributed by atoms with Crippen molar-refractivity contribution < 1.29 is 24.2 Å². The number of carbonyl (C=O) groups is 3. The molecule has 8 nitrogen and oxygen atoms in total. The minimum atomic E-state index is -0.931. The molecule has 0 spiro atoms. The minimum absolute atomic E-state index is 0.121. The Morgan fingerprint density at radius 2 is 1.69 bits per heavy atom. The zero-order valence-corrected chi connectivity index (χ0v) is 26.3. The van der Waals surface area contributed by atoms with Crippen molar-refractivity contribution in [2.75, 3.05) is 18.6 Å². The van der Waals surface area contributed by atoms with Crippen molar-refractivity contribution in [2.24, 2.45) is 0 Å². The first-order chi connectivity index (χ1) is 18.1. The molecule has 1 aromatic carbocycles. The van der Waals surface area contributed by atoms with Gasteiger partial charge in [0.2, 0.25) is 11.8 Å². The lowest BCUT2D eigenvalue weighted by Crippen LogP contribution is -2.55. The number of aryl methyl sites for hydroxylation is 1. The molecule has 0 aliphatic heterocycles. The van der Waals surface area contributed by atoms with E-state index in [4.69, 9.17) is 4.74 Å². The number of benzene rings is 1. The molecular weight excluding hydrogens is 514 g/mol. The van der Waals surface area contributed by atoms with Crippen LogP contribution < -0.4 is 10.6 Å². The standard InChI is InChI=1S/C30H51N3O5S/c1-10-11-12-13-14-18-33(27(36)23(17-19-39-9)31-28(37)38-30(6,7)8)25(26(35)32-29(3,4)5)22-15-16-24(34)21(2)20-22/h15-16,20,23,25,34H,10-14,17-19H2,1-9H3,(H,31,37)(H,32,35). The van der Waals surface area contributed by atoms with Gasteiger partial charge in [-0.25, -0.2) is 4.79 Å². The number of phenolic OH excluding ortho intramolecular Hbond substituents is 1. The van der Waals surface area contributed by atoms with Crippen molar-refractivity contribution in [1.82, 2.24) is 15.5 Å². The van der Waals surface area contributed by atoms with E-state index in [1.807, 2.05) is 27.0 Å². The molecule has 9 heteroatoms. The molecule has 222 valence electrons. The second-order valence-corrected chi connectivity index (χ2v) is 13.1. The summed E-state index contributed by atoms with van der Waals surface area (Å²) in [7, 11) is 0. The molecule has 3 N–H and O–H groups in total. The summed E-state index contributed by atoms with van der Waals surface area (Å²) in [4.78, 5) is 42.3. The maximum absolute atomic E-state index is 14.2. The van der Waals surface area contributed by atoms with Crippen molar-refractivity contribution in [3.63, 3.8) is 0 Å². The van der Waals surface area contributed by atoms with Crippen molar-refractivity contribution >= 4 is 29.7 Å². The SMILES string of the molecule is CCCCCCCN(C(=O)C(CCSC)NC(=O)OC(C)(C)C)C(C(=O)NC(C)(C)C)c1ccc(O)c(C)c1. The molecule has 0 aromatic heterocycles. The number of aromatic hydroxyl groups is 1. The number of carbonyl (C=O) groups excluding carboxylic acids is 3. The molecule has 0 bridgehead atoms. The van der Waals surface area contributed by atoms with Gasteiger partial charge in [-0.1, -0.05) is 38.7 Å². The third-order valence-electron chi connectivity index (χ3n) is 5.98. The highest BCUT2D eigenvalue weighted by Gasteiger charge is 2.37. The second-order valence-electron chi connectivity index (χ2n) is 12.1. The number of ether oxygens (including phenoxy) is 1. The summed E-state index contributed by atoms with van der Waals surface area (Å²) >= 11 is 1.58. The van der Waals surface area contributed by atoms with Crippen LogP contribution in [0.5, 0.6) is 5.75 Å². The van der Waals surface area contributed by atoms with E-state index in [2.05, 4.69) is 17.6 Å². The Morgan fingerprint density at radius 3 is 2.23 bits per heavy atom. The zero-order chi connectivity index (χ0) is 29.8. The van der Waals surface area contributed by atoms with Gasteiger partial charge >= 0.3 is 6.09 Å². The normalized spacial score (nSPS) is 13.4. The molecule has 39 heavy (non-hydrogen) atoms. The Morgan fingerprint density at radius 1 is 1.05 bits per heavy atom. The predicted molar refractivity (Wildman–Crippen MR) is 160 cm³/mol. The average Bonchev–Trinajstić information content (AvgIpc) is 2.80. The van der Waals surface area contributed by atoms with E-state index in [0.717, 1.165) is 32.1 Å². The van der Waals surface area contributed by atoms with Crippen LogP contribution in [0.25, 0.3) is 0 Å². The second kappa shape index (κ2) is 16.0. The van der Waals surface area contributed by atoms with Crippen LogP contribution in [-0.2, 0) is 14.3 Å². The molecule has 0 saturated heterocycles. The smallest absolute Gasteiger partial charge is 0.408 e. The van der Waals surface area contributed by atoms with E-state index in [1.54, 1.807) is 62.6 Å². The molecule has 0 radical (unpaired) electrons. The van der Waals surface area contributed by atoms with Crippen molar-refractivity contribution in [2.45, 2.75) is 117 Å². The van der Waals surface area contributed by atoms with Crippen molar-refractivity contribution in [3.8, 4) is 5.75 Å². The van der Waals surface area contributed by atoms with E-state index >= 15 is 0 Å². The third kappa shape index (κ3) is 13.0. The number of alkyl carbamates (subject to hydrolysis) is 1. The highest BCUT2D eigenvalue weighted by atomic mass is 32.2. The number of rotatable bonds is 14. The van der Waals surface area contributed by atoms with Crippen molar-refractivity contribution in [1.29, 1.82) is 0 Å². The van der Waals surface area contributed by atoms with Crippen LogP contribution in [-0.4, -0.2) is 63.6 Å². The molecule has 2 atom stereocenters. The molecular formula is C30H51N3O5S. The fourth-order valence-corrected chi connectivity index (χ4v) is 4.63. The summed E-state index contributed by atoms with van der Waals surface area (Å²) in [5, 5.41) is 16.0. The number of hydrogen-bond donors (Lipinski definition) is 3. The largest absolute Gasteiger partial charge is 0.508 e. The Kier molecular flexibility index (Phi) is 14.2. The van der Waals surface area contributed by atoms with Gasteiger partial charge in [0.05, 0.1) is 0 Å². The van der Waals surface area contributed by atoms with Gasteiger partial charge in [-0.15, -0.1) is 0 Å². The van der Waals surface area contributed by atoms with Gasteiger partial charge in [-0.05, 0) is 96.6 Å². The molecule has 1 aromatic rings. The molecule has 0 aliphatic rings. The summed E-state index contributed by atoms with van der Waals surface area (Å²) in [6.07, 6.45) is 6.58. The summed E-state index contributed by atoms with van der Waals surface area (Å²) in [5.74, 6) is 0.129. The highest BCUT2D eigenvalue weighted by Crippen LogP contribution is 2.28. The van der Waals surface area contributed by atoms with Crippen LogP contribution in [0.2, 0.25) is 0 Å². The summed E-state index contributed by atoms with van der Waals surface area (Å²) in [5.41, 5.74) is -0.0176. The van der Waals surface area contributed by atoms with E-state index in [9.17, 15) is 19.5 Å². The van der Waals surface area contributed by atoms with Gasteiger partial charge in [-0.2, -0.15) is 11.8 Å². The van der Waals surface area contributed by atoms with E-state index in [0.29, 0.717) is 29.8 Å². The van der Waals surface area contributed by atoms with Gasteiger partial charge in [0.25, 0.3) is 0 Å². The summed E-state index contributed by atoms with van der Waals surface area (Å²) in [6, 6.07) is 3.20. The predicted octanol–water partition coefficient (Wildman–Crippen LogP) is 6.10. The Balaban J connectivity index is 3.53. The summed E-state index contributed by atoms with van der Waals surface area (Å²) in [6.45, 7) is 15.3. The van der Waals surface area contributed by atoms with Crippen LogP contribution in [0, 0.1) is 6.92 Å². The lowest BCUT2D eigenvalue weighted by Gasteiger charge is -2.36. The molecule has 1 rings (SSSR count). The number of nitrogens with one attached hydrogen (secondary N) is 2. The monoisotopic (exact) mass is 565 g/mol. The number of phenols is 1. The number of thioether (sulfide) groups is 1. The van der Waals surface area contributed by atoms with Gasteiger partial charge < -0.3 is 25.4 Å². The average molecular weight is 566 g/mol. The number of unbranched alkanes of at least 4 members (excludes halogenated alkanes) is 4. The van der Waals surface area contributed by atoms with Gasteiger partial charge in [0, 0.05) is 12.1 Å². The minimum Gasteiger partial charge on any atom is -0.508 e. The number of amides is 3. The maximum Gasteiger partial charge on any atom is 0.408 e. The zero-order valence-electron chi connectivity index (χ0n) is 25.5. The lowest BCUT2D eigenvalue weighted by molar-refractivity contribution is -0.143. The van der Waals surface area contributed by atoms with E-state index < -0.39 is 29.3 Å². The number of hydrogen-bond acceptors (Lipinski definition) is 6. The molecule has 2 unspecified atom stereocenters. The third-order valence-corrected chi connectivity index (χ3v) is 6.62. The van der Waals surface area contributed by atoms with Crippen molar-refractivity contribution in [3.05, 3.63) is 29.3 Å². The van der Waals surface area contributed by atoms with E-state index in [-0.39, 0.29) is 17.6 Å². The Labute approximate surface area is 240 Å². The fourth-order valence-electron chi connectivity index (χ4n) is 4.15. The fraction of sp³-hybridized carbons (Fsp3) is 0.700. The molecule has 0 aliphatic carbocycles. The molecule has 0 saturated carbocycles. The van der Waals surface area contributed by atoms with Gasteiger partial charge in [0.1, 0.15) is 23.4 Å². The first-order valence-corrected chi connectivity index (χ1v) is 15.4. The highest BCUT2D eigenvalue weighted by molar-refractivity contribution is 7.98. The molecule has 0 fully saturated rings. The Hall–Kier alpha value is -2.42. The van der Waals surface area contributed by atoms with Crippen LogP contribution >= 0.6 is 11.8 Å². The van der Waals surface area contributed by atoms with Crippen LogP contribution in [0.3, 0.4) is 0 Å².